The smallest absolute Gasteiger partial charge is 0.287 e. The van der Waals surface area contributed by atoms with E-state index in [0.29, 0.717) is 17.0 Å². The fourth-order valence-corrected chi connectivity index (χ4v) is 1.18. The van der Waals surface area contributed by atoms with Gasteiger partial charge in [-0.05, 0) is 42.0 Å². The van der Waals surface area contributed by atoms with Crippen molar-refractivity contribution in [2.75, 3.05) is 13.6 Å². The molecule has 0 aromatic carbocycles. The van der Waals surface area contributed by atoms with E-state index in [1.807, 2.05) is 14.0 Å². The molecule has 0 bridgehead atoms. The lowest BCUT2D eigenvalue weighted by molar-refractivity contribution is 0.0921. The van der Waals surface area contributed by atoms with Crippen LogP contribution < -0.4 is 10.6 Å². The van der Waals surface area contributed by atoms with Gasteiger partial charge in [-0.15, -0.1) is 0 Å². The second-order valence-corrected chi connectivity index (χ2v) is 3.79. The summed E-state index contributed by atoms with van der Waals surface area (Å²) in [5.74, 6) is 0.123. The average molecular weight is 261 g/mol. The van der Waals surface area contributed by atoms with E-state index in [4.69, 9.17) is 4.42 Å². The zero-order chi connectivity index (χ0) is 10.6. The number of carbonyl (C=O) groups excluding carboxylic acids is 1. The summed E-state index contributed by atoms with van der Waals surface area (Å²) in [6, 6.07) is 3.57. The van der Waals surface area contributed by atoms with Gasteiger partial charge in [0.15, 0.2) is 10.4 Å². The number of likely N-dealkylation sites (N-methyl/N-ethyl adjacent to an activating group) is 1. The van der Waals surface area contributed by atoms with Gasteiger partial charge in [-0.3, -0.25) is 4.79 Å². The van der Waals surface area contributed by atoms with Gasteiger partial charge in [-0.2, -0.15) is 0 Å². The summed E-state index contributed by atoms with van der Waals surface area (Å²) in [5, 5.41) is 5.77. The van der Waals surface area contributed by atoms with Crippen LogP contribution in [0.15, 0.2) is 21.2 Å². The summed E-state index contributed by atoms with van der Waals surface area (Å²) in [6.07, 6.45) is 0. The van der Waals surface area contributed by atoms with E-state index in [1.165, 1.54) is 0 Å². The van der Waals surface area contributed by atoms with Gasteiger partial charge in [0, 0.05) is 12.6 Å². The highest BCUT2D eigenvalue weighted by Crippen LogP contribution is 2.13. The third-order valence-electron chi connectivity index (χ3n) is 1.86. The first kappa shape index (κ1) is 11.3. The van der Waals surface area contributed by atoms with Crippen molar-refractivity contribution < 1.29 is 9.21 Å². The lowest BCUT2D eigenvalue weighted by atomic mass is 10.3. The zero-order valence-electron chi connectivity index (χ0n) is 8.13. The maximum atomic E-state index is 11.4. The lowest BCUT2D eigenvalue weighted by Gasteiger charge is -2.09. The maximum Gasteiger partial charge on any atom is 0.287 e. The molecule has 0 aliphatic heterocycles. The predicted octanol–water partition coefficient (Wildman–Crippen LogP) is 1.38. The normalized spacial score (nSPS) is 12.5. The van der Waals surface area contributed by atoms with E-state index in [0.717, 1.165) is 0 Å². The van der Waals surface area contributed by atoms with Crippen LogP contribution in [-0.4, -0.2) is 25.5 Å². The molecule has 1 unspecified atom stereocenters. The monoisotopic (exact) mass is 260 g/mol. The molecule has 1 aromatic heterocycles. The van der Waals surface area contributed by atoms with Gasteiger partial charge in [0.25, 0.3) is 5.91 Å². The number of carbonyl (C=O) groups is 1. The molecule has 1 aromatic rings. The van der Waals surface area contributed by atoms with E-state index < -0.39 is 0 Å². The quantitative estimate of drug-likeness (QED) is 0.860. The van der Waals surface area contributed by atoms with Gasteiger partial charge in [-0.1, -0.05) is 0 Å². The third kappa shape index (κ3) is 3.16. The summed E-state index contributed by atoms with van der Waals surface area (Å²) < 4.78 is 5.65. The number of halogens is 1. The molecular weight excluding hydrogens is 248 g/mol. The van der Waals surface area contributed by atoms with Crippen molar-refractivity contribution in [2.45, 2.75) is 13.0 Å². The predicted molar refractivity (Wildman–Crippen MR) is 57.3 cm³/mol. The van der Waals surface area contributed by atoms with Crippen molar-refractivity contribution in [3.05, 3.63) is 22.6 Å². The summed E-state index contributed by atoms with van der Waals surface area (Å²) in [5.41, 5.74) is 0. The second kappa shape index (κ2) is 5.17. The minimum absolute atomic E-state index is 0.196. The van der Waals surface area contributed by atoms with E-state index >= 15 is 0 Å². The van der Waals surface area contributed by atoms with Crippen molar-refractivity contribution in [1.82, 2.24) is 10.6 Å². The topological polar surface area (TPSA) is 54.3 Å². The van der Waals surface area contributed by atoms with Crippen molar-refractivity contribution in [1.29, 1.82) is 0 Å². The highest BCUT2D eigenvalue weighted by Gasteiger charge is 2.10. The van der Waals surface area contributed by atoms with Gasteiger partial charge in [0.05, 0.1) is 0 Å². The number of furan rings is 1. The molecule has 1 amide bonds. The molecule has 4 nitrogen and oxygen atoms in total. The Morgan fingerprint density at radius 1 is 1.64 bits per heavy atom. The molecule has 2 N–H and O–H groups in total. The molecule has 0 aliphatic rings. The minimum atomic E-state index is -0.196. The van der Waals surface area contributed by atoms with Crippen LogP contribution >= 0.6 is 15.9 Å². The van der Waals surface area contributed by atoms with E-state index in [-0.39, 0.29) is 11.9 Å². The van der Waals surface area contributed by atoms with Gasteiger partial charge in [0.2, 0.25) is 0 Å². The largest absolute Gasteiger partial charge is 0.444 e. The maximum absolute atomic E-state index is 11.4. The Hall–Kier alpha value is -0.810. The van der Waals surface area contributed by atoms with Crippen molar-refractivity contribution in [3.63, 3.8) is 0 Å². The highest BCUT2D eigenvalue weighted by molar-refractivity contribution is 9.10. The Bertz CT molecular complexity index is 312. The van der Waals surface area contributed by atoms with Gasteiger partial charge >= 0.3 is 0 Å². The SMILES string of the molecule is CNC(C)CNC(=O)c1ccc(Br)o1. The summed E-state index contributed by atoms with van der Waals surface area (Å²) in [4.78, 5) is 11.4. The number of hydrogen-bond donors (Lipinski definition) is 2. The summed E-state index contributed by atoms with van der Waals surface area (Å²) in [7, 11) is 1.85. The van der Waals surface area contributed by atoms with Gasteiger partial charge < -0.3 is 15.1 Å². The van der Waals surface area contributed by atoms with Crippen LogP contribution in [0.4, 0.5) is 0 Å². The van der Waals surface area contributed by atoms with Crippen LogP contribution in [0.25, 0.3) is 0 Å². The lowest BCUT2D eigenvalue weighted by Crippen LogP contribution is -2.36. The first-order valence-electron chi connectivity index (χ1n) is 4.34. The summed E-state index contributed by atoms with van der Waals surface area (Å²) >= 11 is 3.14. The number of amides is 1. The van der Waals surface area contributed by atoms with E-state index in [2.05, 4.69) is 26.6 Å². The Morgan fingerprint density at radius 2 is 2.36 bits per heavy atom. The Kier molecular flexibility index (Phi) is 4.16. The summed E-state index contributed by atoms with van der Waals surface area (Å²) in [6.45, 7) is 2.56. The fraction of sp³-hybridized carbons (Fsp3) is 0.444. The molecule has 14 heavy (non-hydrogen) atoms. The van der Waals surface area contributed by atoms with Crippen LogP contribution in [0.2, 0.25) is 0 Å². The molecule has 1 atom stereocenters. The van der Waals surface area contributed by atoms with Crippen LogP contribution in [-0.2, 0) is 0 Å². The highest BCUT2D eigenvalue weighted by atomic mass is 79.9. The first-order valence-corrected chi connectivity index (χ1v) is 5.13. The molecule has 0 saturated carbocycles. The molecule has 0 saturated heterocycles. The van der Waals surface area contributed by atoms with E-state index in [9.17, 15) is 4.79 Å². The third-order valence-corrected chi connectivity index (χ3v) is 2.28. The second-order valence-electron chi connectivity index (χ2n) is 3.00. The minimum Gasteiger partial charge on any atom is -0.444 e. The molecule has 0 aliphatic carbocycles. The molecule has 5 heteroatoms. The average Bonchev–Trinajstić information content (AvgIpc) is 2.60. The Morgan fingerprint density at radius 3 is 2.86 bits per heavy atom. The molecule has 78 valence electrons. The molecule has 0 spiro atoms. The van der Waals surface area contributed by atoms with Gasteiger partial charge in [-0.25, -0.2) is 0 Å². The Labute approximate surface area is 91.2 Å². The van der Waals surface area contributed by atoms with Crippen LogP contribution in [0.5, 0.6) is 0 Å². The fourth-order valence-electron chi connectivity index (χ4n) is 0.871. The standard InChI is InChI=1S/C9H13BrN2O2/c1-6(11-2)5-12-9(13)7-3-4-8(10)14-7/h3-4,6,11H,5H2,1-2H3,(H,12,13). The number of hydrogen-bond acceptors (Lipinski definition) is 3. The van der Waals surface area contributed by atoms with Crippen molar-refractivity contribution in [3.8, 4) is 0 Å². The van der Waals surface area contributed by atoms with Crippen LogP contribution in [0.1, 0.15) is 17.5 Å². The number of nitrogens with one attached hydrogen (secondary N) is 2. The van der Waals surface area contributed by atoms with Crippen molar-refractivity contribution in [2.24, 2.45) is 0 Å². The molecular formula is C9H13BrN2O2. The van der Waals surface area contributed by atoms with Gasteiger partial charge in [0.1, 0.15) is 0 Å². The van der Waals surface area contributed by atoms with Crippen LogP contribution in [0, 0.1) is 0 Å². The zero-order valence-corrected chi connectivity index (χ0v) is 9.72. The molecule has 0 radical (unpaired) electrons. The molecule has 0 fully saturated rings. The first-order chi connectivity index (χ1) is 6.63. The number of rotatable bonds is 4. The van der Waals surface area contributed by atoms with Crippen LogP contribution in [0.3, 0.4) is 0 Å². The van der Waals surface area contributed by atoms with E-state index in [1.54, 1.807) is 12.1 Å². The molecule has 1 rings (SSSR count). The molecule has 1 heterocycles. The van der Waals surface area contributed by atoms with Crippen molar-refractivity contribution >= 4 is 21.8 Å². The Balaban J connectivity index is 2.43.